The van der Waals surface area contributed by atoms with Crippen molar-refractivity contribution in [3.05, 3.63) is 65.2 Å². The molecule has 0 spiro atoms. The highest BCUT2D eigenvalue weighted by Crippen LogP contribution is 2.20. The van der Waals surface area contributed by atoms with Gasteiger partial charge in [0.1, 0.15) is 5.75 Å². The summed E-state index contributed by atoms with van der Waals surface area (Å²) in [7, 11) is 0. The summed E-state index contributed by atoms with van der Waals surface area (Å²) in [6.07, 6.45) is 3.14. The maximum absolute atomic E-state index is 12.4. The van der Waals surface area contributed by atoms with Gasteiger partial charge in [-0.15, -0.1) is 0 Å². The van der Waals surface area contributed by atoms with E-state index in [0.29, 0.717) is 24.7 Å². The molecule has 30 heavy (non-hydrogen) atoms. The number of amides is 2. The molecule has 158 valence electrons. The molecule has 1 aliphatic rings. The Kier molecular flexibility index (Phi) is 7.74. The number of benzene rings is 2. The molecule has 2 aromatic rings. The molecule has 0 aliphatic carbocycles. The zero-order valence-electron chi connectivity index (χ0n) is 17.0. The van der Waals surface area contributed by atoms with E-state index in [9.17, 15) is 9.59 Å². The van der Waals surface area contributed by atoms with Gasteiger partial charge >= 0.3 is 0 Å². The molecule has 3 rings (SSSR count). The van der Waals surface area contributed by atoms with Gasteiger partial charge in [-0.2, -0.15) is 0 Å². The zero-order chi connectivity index (χ0) is 21.3. The maximum atomic E-state index is 12.4. The number of carbonyl (C=O) groups is 2. The van der Waals surface area contributed by atoms with Gasteiger partial charge in [-0.25, -0.2) is 0 Å². The van der Waals surface area contributed by atoms with Crippen molar-refractivity contribution in [3.63, 3.8) is 0 Å². The highest BCUT2D eigenvalue weighted by atomic mass is 35.5. The number of carbonyl (C=O) groups excluding carboxylic acids is 2. The van der Waals surface area contributed by atoms with Crippen molar-refractivity contribution in [2.75, 3.05) is 44.2 Å². The van der Waals surface area contributed by atoms with Crippen LogP contribution in [0.4, 0.5) is 5.69 Å². The Morgan fingerprint density at radius 2 is 1.83 bits per heavy atom. The van der Waals surface area contributed by atoms with E-state index in [1.807, 2.05) is 55.5 Å². The Hall–Kier alpha value is -2.99. The van der Waals surface area contributed by atoms with E-state index in [-0.39, 0.29) is 18.4 Å². The van der Waals surface area contributed by atoms with Crippen molar-refractivity contribution in [1.29, 1.82) is 0 Å². The summed E-state index contributed by atoms with van der Waals surface area (Å²) in [5, 5.41) is 3.36. The quantitative estimate of drug-likeness (QED) is 0.689. The van der Waals surface area contributed by atoms with Crippen molar-refractivity contribution in [3.8, 4) is 5.75 Å². The molecule has 1 saturated heterocycles. The largest absolute Gasteiger partial charge is 0.494 e. The first-order chi connectivity index (χ1) is 14.5. The van der Waals surface area contributed by atoms with Crippen molar-refractivity contribution in [1.82, 2.24) is 10.2 Å². The van der Waals surface area contributed by atoms with Gasteiger partial charge in [0.25, 0.3) is 0 Å². The molecule has 0 aromatic heterocycles. The van der Waals surface area contributed by atoms with Crippen LogP contribution in [0.2, 0.25) is 5.02 Å². The lowest BCUT2D eigenvalue weighted by molar-refractivity contribution is -0.132. The lowest BCUT2D eigenvalue weighted by Gasteiger charge is -2.36. The van der Waals surface area contributed by atoms with Crippen LogP contribution < -0.4 is 15.0 Å². The number of hydrogen-bond acceptors (Lipinski definition) is 4. The molecule has 0 saturated carbocycles. The Labute approximate surface area is 182 Å². The average Bonchev–Trinajstić information content (AvgIpc) is 2.77. The number of ether oxygens (including phenoxy) is 1. The lowest BCUT2D eigenvalue weighted by atomic mass is 10.2. The van der Waals surface area contributed by atoms with Crippen LogP contribution in [0.15, 0.2) is 54.6 Å². The van der Waals surface area contributed by atoms with Crippen molar-refractivity contribution in [2.45, 2.75) is 6.92 Å². The molecule has 1 N–H and O–H groups in total. The fourth-order valence-corrected chi connectivity index (χ4v) is 3.42. The molecule has 0 unspecified atom stereocenters. The lowest BCUT2D eigenvalue weighted by Crippen LogP contribution is -2.51. The first-order valence-corrected chi connectivity index (χ1v) is 10.4. The van der Waals surface area contributed by atoms with Crippen LogP contribution in [0, 0.1) is 0 Å². The highest BCUT2D eigenvalue weighted by Gasteiger charge is 2.21. The molecule has 6 nitrogen and oxygen atoms in total. The number of halogens is 1. The van der Waals surface area contributed by atoms with E-state index in [0.717, 1.165) is 30.1 Å². The van der Waals surface area contributed by atoms with E-state index < -0.39 is 0 Å². The second-order valence-electron chi connectivity index (χ2n) is 6.90. The Morgan fingerprint density at radius 1 is 1.10 bits per heavy atom. The first kappa shape index (κ1) is 21.7. The summed E-state index contributed by atoms with van der Waals surface area (Å²) in [6, 6.07) is 15.2. The predicted octanol–water partition coefficient (Wildman–Crippen LogP) is 3.22. The van der Waals surface area contributed by atoms with Gasteiger partial charge < -0.3 is 19.9 Å². The van der Waals surface area contributed by atoms with Crippen molar-refractivity contribution < 1.29 is 14.3 Å². The standard InChI is InChI=1S/C23H26ClN3O3/c1-2-30-21-9-6-18(7-10-21)8-11-22(28)25-17-23(29)27-14-12-26(13-15-27)20-5-3-4-19(24)16-20/h3-11,16H,2,12-15,17H2,1H3,(H,25,28)/b11-8+. The molecule has 0 bridgehead atoms. The molecule has 0 atom stereocenters. The smallest absolute Gasteiger partial charge is 0.244 e. The summed E-state index contributed by atoms with van der Waals surface area (Å²) >= 11 is 6.06. The summed E-state index contributed by atoms with van der Waals surface area (Å²) in [5.41, 5.74) is 1.94. The SMILES string of the molecule is CCOc1ccc(/C=C/C(=O)NCC(=O)N2CCN(c3cccc(Cl)c3)CC2)cc1. The van der Waals surface area contributed by atoms with Gasteiger partial charge in [-0.3, -0.25) is 9.59 Å². The second kappa shape index (κ2) is 10.7. The number of anilines is 1. The van der Waals surface area contributed by atoms with Crippen molar-refractivity contribution in [2.24, 2.45) is 0 Å². The Bertz CT molecular complexity index is 891. The van der Waals surface area contributed by atoms with E-state index >= 15 is 0 Å². The third-order valence-electron chi connectivity index (χ3n) is 4.84. The van der Waals surface area contributed by atoms with Crippen LogP contribution in [0.3, 0.4) is 0 Å². The number of nitrogens with zero attached hydrogens (tertiary/aromatic N) is 2. The van der Waals surface area contributed by atoms with Crippen LogP contribution in [-0.4, -0.2) is 56.0 Å². The van der Waals surface area contributed by atoms with Crippen LogP contribution in [0.5, 0.6) is 5.75 Å². The van der Waals surface area contributed by atoms with E-state index in [4.69, 9.17) is 16.3 Å². The third kappa shape index (κ3) is 6.26. The normalized spacial score (nSPS) is 14.1. The Morgan fingerprint density at radius 3 is 2.50 bits per heavy atom. The van der Waals surface area contributed by atoms with Gasteiger partial charge in [0.15, 0.2) is 0 Å². The van der Waals surface area contributed by atoms with E-state index in [1.54, 1.807) is 11.0 Å². The topological polar surface area (TPSA) is 61.9 Å². The van der Waals surface area contributed by atoms with E-state index in [2.05, 4.69) is 10.2 Å². The molecule has 1 fully saturated rings. The molecular weight excluding hydrogens is 402 g/mol. The minimum atomic E-state index is -0.296. The maximum Gasteiger partial charge on any atom is 0.244 e. The summed E-state index contributed by atoms with van der Waals surface area (Å²) in [4.78, 5) is 28.4. The van der Waals surface area contributed by atoms with Crippen LogP contribution in [0.1, 0.15) is 12.5 Å². The van der Waals surface area contributed by atoms with Crippen LogP contribution >= 0.6 is 11.6 Å². The highest BCUT2D eigenvalue weighted by molar-refractivity contribution is 6.30. The molecule has 2 aromatic carbocycles. The summed E-state index contributed by atoms with van der Waals surface area (Å²) in [5.74, 6) is 0.415. The number of nitrogens with one attached hydrogen (secondary N) is 1. The average molecular weight is 428 g/mol. The summed E-state index contributed by atoms with van der Waals surface area (Å²) in [6.45, 7) is 5.23. The second-order valence-corrected chi connectivity index (χ2v) is 7.34. The molecule has 2 amide bonds. The van der Waals surface area contributed by atoms with Gasteiger partial charge in [0.2, 0.25) is 11.8 Å². The minimum absolute atomic E-state index is 0.0103. The molecule has 7 heteroatoms. The molecule has 1 aliphatic heterocycles. The van der Waals surface area contributed by atoms with Crippen LogP contribution in [-0.2, 0) is 9.59 Å². The van der Waals surface area contributed by atoms with Gasteiger partial charge in [0, 0.05) is 43.0 Å². The first-order valence-electron chi connectivity index (χ1n) is 10.0. The fourth-order valence-electron chi connectivity index (χ4n) is 3.23. The number of rotatable bonds is 7. The predicted molar refractivity (Wildman–Crippen MR) is 120 cm³/mol. The van der Waals surface area contributed by atoms with Gasteiger partial charge in [-0.1, -0.05) is 29.8 Å². The van der Waals surface area contributed by atoms with E-state index in [1.165, 1.54) is 6.08 Å². The minimum Gasteiger partial charge on any atom is -0.494 e. The summed E-state index contributed by atoms with van der Waals surface area (Å²) < 4.78 is 5.39. The molecular formula is C23H26ClN3O3. The van der Waals surface area contributed by atoms with Gasteiger partial charge in [-0.05, 0) is 48.9 Å². The third-order valence-corrected chi connectivity index (χ3v) is 5.07. The Balaban J connectivity index is 1.41. The monoisotopic (exact) mass is 427 g/mol. The zero-order valence-corrected chi connectivity index (χ0v) is 17.8. The van der Waals surface area contributed by atoms with Crippen LogP contribution in [0.25, 0.3) is 6.08 Å². The fraction of sp³-hybridized carbons (Fsp3) is 0.304. The van der Waals surface area contributed by atoms with Gasteiger partial charge in [0.05, 0.1) is 13.2 Å². The number of piperazine rings is 1. The van der Waals surface area contributed by atoms with Crippen molar-refractivity contribution >= 4 is 35.2 Å². The molecule has 0 radical (unpaired) electrons. The number of hydrogen-bond donors (Lipinski definition) is 1. The molecule has 1 heterocycles.